The van der Waals surface area contributed by atoms with Crippen LogP contribution in [0.2, 0.25) is 0 Å². The Bertz CT molecular complexity index is 359. The van der Waals surface area contributed by atoms with Crippen molar-refractivity contribution in [3.8, 4) is 5.75 Å². The number of benzene rings is 1. The van der Waals surface area contributed by atoms with Crippen molar-refractivity contribution in [1.29, 1.82) is 0 Å². The van der Waals surface area contributed by atoms with Gasteiger partial charge in [0, 0.05) is 22.5 Å². The van der Waals surface area contributed by atoms with Crippen molar-refractivity contribution in [3.05, 3.63) is 29.8 Å². The Morgan fingerprint density at radius 3 is 2.62 bits per heavy atom. The van der Waals surface area contributed by atoms with Crippen LogP contribution >= 0.6 is 11.8 Å². The molecule has 1 saturated heterocycles. The number of hydrogen-bond acceptors (Lipinski definition) is 3. The van der Waals surface area contributed by atoms with Gasteiger partial charge in [-0.25, -0.2) is 0 Å². The molecule has 1 fully saturated rings. The van der Waals surface area contributed by atoms with Crippen LogP contribution in [0.25, 0.3) is 0 Å². The summed E-state index contributed by atoms with van der Waals surface area (Å²) in [6, 6.07) is 8.01. The molecule has 1 N–H and O–H groups in total. The first-order valence-corrected chi connectivity index (χ1v) is 6.74. The number of hydrogen-bond donors (Lipinski definition) is 1. The van der Waals surface area contributed by atoms with Crippen LogP contribution in [-0.4, -0.2) is 29.3 Å². The quantitative estimate of drug-likeness (QED) is 0.873. The van der Waals surface area contributed by atoms with E-state index in [4.69, 9.17) is 4.74 Å². The minimum absolute atomic E-state index is 0.132. The molecule has 0 amide bonds. The molecule has 0 aromatic heterocycles. The second kappa shape index (κ2) is 4.68. The summed E-state index contributed by atoms with van der Waals surface area (Å²) >= 11 is 1.91. The van der Waals surface area contributed by atoms with Gasteiger partial charge in [-0.3, -0.25) is 0 Å². The number of para-hydroxylation sites is 1. The third kappa shape index (κ3) is 2.36. The Kier molecular flexibility index (Phi) is 3.45. The maximum absolute atomic E-state index is 9.42. The lowest BCUT2D eigenvalue weighted by Crippen LogP contribution is -2.32. The van der Waals surface area contributed by atoms with Crippen LogP contribution in [0.5, 0.6) is 5.75 Å². The molecule has 0 atom stereocenters. The summed E-state index contributed by atoms with van der Waals surface area (Å²) in [5.41, 5.74) is 0.849. The first-order valence-electron chi connectivity index (χ1n) is 5.58. The number of thioether (sulfide) groups is 1. The number of ether oxygens (including phenoxy) is 1. The van der Waals surface area contributed by atoms with E-state index in [0.29, 0.717) is 6.10 Å². The molecule has 88 valence electrons. The van der Waals surface area contributed by atoms with E-state index in [2.05, 4.69) is 0 Å². The van der Waals surface area contributed by atoms with Crippen molar-refractivity contribution in [2.45, 2.75) is 25.4 Å². The highest BCUT2D eigenvalue weighted by Gasteiger charge is 2.26. The second-order valence-corrected chi connectivity index (χ2v) is 5.89. The van der Waals surface area contributed by atoms with E-state index >= 15 is 0 Å². The van der Waals surface area contributed by atoms with Crippen molar-refractivity contribution < 1.29 is 9.84 Å². The summed E-state index contributed by atoms with van der Waals surface area (Å²) in [6.07, 6.45) is 0.348. The van der Waals surface area contributed by atoms with Gasteiger partial charge in [0.05, 0.1) is 6.61 Å². The lowest BCUT2D eigenvalue weighted by molar-refractivity contribution is 0.201. The highest BCUT2D eigenvalue weighted by molar-refractivity contribution is 8.00. The van der Waals surface area contributed by atoms with Gasteiger partial charge in [0.15, 0.2) is 0 Å². The molecule has 1 aliphatic heterocycles. The van der Waals surface area contributed by atoms with Crippen molar-refractivity contribution >= 4 is 11.8 Å². The van der Waals surface area contributed by atoms with Gasteiger partial charge in [0.2, 0.25) is 0 Å². The minimum atomic E-state index is -0.243. The Hall–Kier alpha value is -0.670. The molecule has 2 rings (SSSR count). The monoisotopic (exact) mass is 238 g/mol. The van der Waals surface area contributed by atoms with E-state index in [1.807, 2.05) is 49.9 Å². The highest BCUT2D eigenvalue weighted by atomic mass is 32.2. The topological polar surface area (TPSA) is 29.5 Å². The molecule has 1 heterocycles. The molecular formula is C13H18O2S. The van der Waals surface area contributed by atoms with Gasteiger partial charge < -0.3 is 9.84 Å². The first-order chi connectivity index (χ1) is 7.63. The zero-order valence-corrected chi connectivity index (χ0v) is 10.6. The van der Waals surface area contributed by atoms with Crippen LogP contribution < -0.4 is 4.74 Å². The zero-order chi connectivity index (χ0) is 11.6. The van der Waals surface area contributed by atoms with E-state index in [9.17, 15) is 5.11 Å². The second-order valence-electron chi connectivity index (χ2n) is 4.82. The molecule has 0 radical (unpaired) electrons. The average Bonchev–Trinajstić information content (AvgIpc) is 2.24. The highest BCUT2D eigenvalue weighted by Crippen LogP contribution is 2.33. The Labute approximate surface area is 101 Å². The third-order valence-corrected chi connectivity index (χ3v) is 4.13. The summed E-state index contributed by atoms with van der Waals surface area (Å²) in [7, 11) is 0. The van der Waals surface area contributed by atoms with E-state index in [1.54, 1.807) is 0 Å². The Morgan fingerprint density at radius 1 is 1.38 bits per heavy atom. The van der Waals surface area contributed by atoms with Crippen LogP contribution in [-0.2, 0) is 5.41 Å². The SMILES string of the molecule is CC(C)(CO)c1ccccc1OC1CSC1. The summed E-state index contributed by atoms with van der Waals surface area (Å²) < 4.78 is 5.94. The van der Waals surface area contributed by atoms with Gasteiger partial charge in [-0.05, 0) is 6.07 Å². The average molecular weight is 238 g/mol. The van der Waals surface area contributed by atoms with Crippen LogP contribution in [0.15, 0.2) is 24.3 Å². The molecule has 1 aromatic carbocycles. The molecule has 0 saturated carbocycles. The van der Waals surface area contributed by atoms with Gasteiger partial charge in [0.1, 0.15) is 11.9 Å². The molecule has 3 heteroatoms. The summed E-state index contributed by atoms with van der Waals surface area (Å²) in [5.74, 6) is 3.08. The van der Waals surface area contributed by atoms with Crippen LogP contribution in [0.4, 0.5) is 0 Å². The van der Waals surface area contributed by atoms with Crippen molar-refractivity contribution in [1.82, 2.24) is 0 Å². The molecular weight excluding hydrogens is 220 g/mol. The molecule has 0 unspecified atom stereocenters. The summed E-state index contributed by atoms with van der Waals surface area (Å²) in [5, 5.41) is 9.42. The number of rotatable bonds is 4. The van der Waals surface area contributed by atoms with Gasteiger partial charge in [0.25, 0.3) is 0 Å². The predicted octanol–water partition coefficient (Wildman–Crippen LogP) is 2.45. The van der Waals surface area contributed by atoms with E-state index in [-0.39, 0.29) is 12.0 Å². The normalized spacial score (nSPS) is 16.9. The summed E-state index contributed by atoms with van der Waals surface area (Å²) in [6.45, 7) is 4.20. The molecule has 0 bridgehead atoms. The van der Waals surface area contributed by atoms with Crippen LogP contribution in [0, 0.1) is 0 Å². The van der Waals surface area contributed by atoms with Crippen LogP contribution in [0.3, 0.4) is 0 Å². The van der Waals surface area contributed by atoms with Gasteiger partial charge in [-0.15, -0.1) is 0 Å². The standard InChI is InChI=1S/C13H18O2S/c1-13(2,9-14)11-5-3-4-6-12(11)15-10-7-16-8-10/h3-6,10,14H,7-9H2,1-2H3. The molecule has 1 aliphatic rings. The minimum Gasteiger partial charge on any atom is -0.488 e. The fourth-order valence-corrected chi connectivity index (χ4v) is 2.24. The third-order valence-electron chi connectivity index (χ3n) is 2.91. The smallest absolute Gasteiger partial charge is 0.123 e. The molecule has 16 heavy (non-hydrogen) atoms. The van der Waals surface area contributed by atoms with E-state index in [1.165, 1.54) is 0 Å². The Balaban J connectivity index is 2.22. The van der Waals surface area contributed by atoms with Crippen molar-refractivity contribution in [2.24, 2.45) is 0 Å². The Morgan fingerprint density at radius 2 is 2.06 bits per heavy atom. The lowest BCUT2D eigenvalue weighted by Gasteiger charge is -2.30. The fourth-order valence-electron chi connectivity index (χ4n) is 1.68. The van der Waals surface area contributed by atoms with Gasteiger partial charge in [-0.2, -0.15) is 11.8 Å². The zero-order valence-electron chi connectivity index (χ0n) is 9.77. The lowest BCUT2D eigenvalue weighted by atomic mass is 9.85. The molecule has 0 aliphatic carbocycles. The van der Waals surface area contributed by atoms with Crippen molar-refractivity contribution in [2.75, 3.05) is 18.1 Å². The first kappa shape index (κ1) is 11.8. The van der Waals surface area contributed by atoms with Crippen LogP contribution in [0.1, 0.15) is 19.4 Å². The number of aliphatic hydroxyl groups is 1. The largest absolute Gasteiger partial charge is 0.488 e. The molecule has 0 spiro atoms. The number of aliphatic hydroxyl groups excluding tert-OH is 1. The van der Waals surface area contributed by atoms with Gasteiger partial charge in [-0.1, -0.05) is 32.0 Å². The maximum Gasteiger partial charge on any atom is 0.123 e. The van der Waals surface area contributed by atoms with E-state index < -0.39 is 0 Å². The van der Waals surface area contributed by atoms with E-state index in [0.717, 1.165) is 22.8 Å². The van der Waals surface area contributed by atoms with Gasteiger partial charge >= 0.3 is 0 Å². The fraction of sp³-hybridized carbons (Fsp3) is 0.538. The summed E-state index contributed by atoms with van der Waals surface area (Å²) in [4.78, 5) is 0. The van der Waals surface area contributed by atoms with Crippen molar-refractivity contribution in [3.63, 3.8) is 0 Å². The predicted molar refractivity (Wildman–Crippen MR) is 68.3 cm³/mol. The maximum atomic E-state index is 9.42. The molecule has 2 nitrogen and oxygen atoms in total. The molecule has 1 aromatic rings.